The molecular formula is C15H19N3. The minimum absolute atomic E-state index is 0.140. The van der Waals surface area contributed by atoms with E-state index in [4.69, 9.17) is 5.73 Å². The first-order chi connectivity index (χ1) is 8.49. The number of benzene rings is 1. The van der Waals surface area contributed by atoms with E-state index in [-0.39, 0.29) is 6.04 Å². The van der Waals surface area contributed by atoms with Crippen LogP contribution in [0.2, 0.25) is 0 Å². The second kappa shape index (κ2) is 4.86. The first-order valence-corrected chi connectivity index (χ1v) is 6.12. The SMILES string of the molecule is Cc1ccc(C)c(C(N)c2cc(C)nnc2C)c1. The van der Waals surface area contributed by atoms with Crippen LogP contribution in [0.4, 0.5) is 0 Å². The molecule has 1 atom stereocenters. The molecule has 0 radical (unpaired) electrons. The molecule has 2 rings (SSSR count). The lowest BCUT2D eigenvalue weighted by molar-refractivity contribution is 0.807. The average Bonchev–Trinajstić information content (AvgIpc) is 2.34. The van der Waals surface area contributed by atoms with Crippen LogP contribution in [-0.2, 0) is 0 Å². The molecule has 0 aliphatic heterocycles. The van der Waals surface area contributed by atoms with E-state index < -0.39 is 0 Å². The largest absolute Gasteiger partial charge is 0.320 e. The highest BCUT2D eigenvalue weighted by Gasteiger charge is 2.15. The zero-order valence-electron chi connectivity index (χ0n) is 11.4. The van der Waals surface area contributed by atoms with Crippen molar-refractivity contribution in [3.05, 3.63) is 57.9 Å². The minimum Gasteiger partial charge on any atom is -0.320 e. The van der Waals surface area contributed by atoms with Crippen LogP contribution in [0.5, 0.6) is 0 Å². The molecule has 0 amide bonds. The average molecular weight is 241 g/mol. The molecule has 0 saturated heterocycles. The standard InChI is InChI=1S/C15H19N3/c1-9-5-6-10(2)13(7-9)15(16)14-8-11(3)17-18-12(14)4/h5-8,15H,16H2,1-4H3. The van der Waals surface area contributed by atoms with Crippen molar-refractivity contribution in [1.29, 1.82) is 0 Å². The fraction of sp³-hybridized carbons (Fsp3) is 0.333. The Morgan fingerprint density at radius 3 is 2.39 bits per heavy atom. The molecule has 0 fully saturated rings. The summed E-state index contributed by atoms with van der Waals surface area (Å²) in [6.45, 7) is 8.06. The second-order valence-electron chi connectivity index (χ2n) is 4.86. The molecule has 3 heteroatoms. The fourth-order valence-corrected chi connectivity index (χ4v) is 2.15. The van der Waals surface area contributed by atoms with E-state index in [0.717, 1.165) is 22.5 Å². The Labute approximate surface area is 108 Å². The molecule has 1 heterocycles. The molecule has 94 valence electrons. The summed E-state index contributed by atoms with van der Waals surface area (Å²) in [5.74, 6) is 0. The van der Waals surface area contributed by atoms with Crippen molar-refractivity contribution in [2.24, 2.45) is 5.73 Å². The van der Waals surface area contributed by atoms with Crippen LogP contribution in [0.3, 0.4) is 0 Å². The van der Waals surface area contributed by atoms with Crippen LogP contribution in [0.15, 0.2) is 24.3 Å². The number of rotatable bonds is 2. The van der Waals surface area contributed by atoms with Gasteiger partial charge in [-0.1, -0.05) is 23.8 Å². The molecule has 0 saturated carbocycles. The third-order valence-corrected chi connectivity index (χ3v) is 3.24. The summed E-state index contributed by atoms with van der Waals surface area (Å²) >= 11 is 0. The lowest BCUT2D eigenvalue weighted by atomic mass is 9.93. The van der Waals surface area contributed by atoms with E-state index in [2.05, 4.69) is 42.2 Å². The van der Waals surface area contributed by atoms with Gasteiger partial charge in [0.2, 0.25) is 0 Å². The number of nitrogens with zero attached hydrogens (tertiary/aromatic N) is 2. The van der Waals surface area contributed by atoms with E-state index >= 15 is 0 Å². The van der Waals surface area contributed by atoms with Crippen molar-refractivity contribution in [1.82, 2.24) is 10.2 Å². The van der Waals surface area contributed by atoms with Crippen LogP contribution in [-0.4, -0.2) is 10.2 Å². The summed E-state index contributed by atoms with van der Waals surface area (Å²) in [6, 6.07) is 8.25. The van der Waals surface area contributed by atoms with Crippen LogP contribution >= 0.6 is 0 Å². The summed E-state index contributed by atoms with van der Waals surface area (Å²) < 4.78 is 0. The summed E-state index contributed by atoms with van der Waals surface area (Å²) in [7, 11) is 0. The Hall–Kier alpha value is -1.74. The zero-order valence-corrected chi connectivity index (χ0v) is 11.4. The monoisotopic (exact) mass is 241 g/mol. The van der Waals surface area contributed by atoms with Gasteiger partial charge in [0, 0.05) is 0 Å². The van der Waals surface area contributed by atoms with Crippen molar-refractivity contribution in [3.63, 3.8) is 0 Å². The molecule has 0 aliphatic rings. The second-order valence-corrected chi connectivity index (χ2v) is 4.86. The van der Waals surface area contributed by atoms with Crippen molar-refractivity contribution in [3.8, 4) is 0 Å². The Kier molecular flexibility index (Phi) is 3.43. The first-order valence-electron chi connectivity index (χ1n) is 6.12. The van der Waals surface area contributed by atoms with E-state index in [1.807, 2.05) is 19.9 Å². The van der Waals surface area contributed by atoms with Gasteiger partial charge in [-0.2, -0.15) is 10.2 Å². The Bertz CT molecular complexity index is 524. The van der Waals surface area contributed by atoms with Gasteiger partial charge in [0.1, 0.15) is 0 Å². The molecule has 1 unspecified atom stereocenters. The number of nitrogens with two attached hydrogens (primary N) is 1. The Balaban J connectivity index is 2.50. The van der Waals surface area contributed by atoms with Gasteiger partial charge in [-0.3, -0.25) is 0 Å². The van der Waals surface area contributed by atoms with Gasteiger partial charge in [-0.05, 0) is 50.5 Å². The van der Waals surface area contributed by atoms with Gasteiger partial charge in [0.05, 0.1) is 17.4 Å². The van der Waals surface area contributed by atoms with Gasteiger partial charge in [0.25, 0.3) is 0 Å². The van der Waals surface area contributed by atoms with Gasteiger partial charge < -0.3 is 5.73 Å². The van der Waals surface area contributed by atoms with Gasteiger partial charge in [0.15, 0.2) is 0 Å². The topological polar surface area (TPSA) is 51.8 Å². The van der Waals surface area contributed by atoms with E-state index in [9.17, 15) is 0 Å². The van der Waals surface area contributed by atoms with Crippen LogP contribution in [0.1, 0.15) is 39.7 Å². The normalized spacial score (nSPS) is 12.5. The molecule has 2 aromatic rings. The summed E-state index contributed by atoms with van der Waals surface area (Å²) in [6.07, 6.45) is 0. The predicted octanol–water partition coefficient (Wildman–Crippen LogP) is 2.76. The predicted molar refractivity (Wildman–Crippen MR) is 73.5 cm³/mol. The van der Waals surface area contributed by atoms with Crippen molar-refractivity contribution in [2.75, 3.05) is 0 Å². The molecule has 3 nitrogen and oxygen atoms in total. The number of hydrogen-bond donors (Lipinski definition) is 1. The van der Waals surface area contributed by atoms with Crippen molar-refractivity contribution in [2.45, 2.75) is 33.7 Å². The van der Waals surface area contributed by atoms with Gasteiger partial charge in [-0.15, -0.1) is 0 Å². The summed E-state index contributed by atoms with van der Waals surface area (Å²) in [5, 5.41) is 8.20. The van der Waals surface area contributed by atoms with E-state index in [1.54, 1.807) is 0 Å². The molecule has 0 spiro atoms. The highest BCUT2D eigenvalue weighted by atomic mass is 15.1. The summed E-state index contributed by atoms with van der Waals surface area (Å²) in [4.78, 5) is 0. The molecule has 0 bridgehead atoms. The third kappa shape index (κ3) is 2.41. The maximum atomic E-state index is 6.39. The lowest BCUT2D eigenvalue weighted by Crippen LogP contribution is -2.16. The molecule has 1 aromatic carbocycles. The first kappa shape index (κ1) is 12.7. The Morgan fingerprint density at radius 1 is 0.944 bits per heavy atom. The van der Waals surface area contributed by atoms with Crippen LogP contribution < -0.4 is 5.73 Å². The zero-order chi connectivity index (χ0) is 13.3. The van der Waals surface area contributed by atoms with Crippen molar-refractivity contribution < 1.29 is 0 Å². The smallest absolute Gasteiger partial charge is 0.0651 e. The van der Waals surface area contributed by atoms with Crippen LogP contribution in [0.25, 0.3) is 0 Å². The third-order valence-electron chi connectivity index (χ3n) is 3.24. The molecule has 0 aliphatic carbocycles. The van der Waals surface area contributed by atoms with E-state index in [1.165, 1.54) is 11.1 Å². The summed E-state index contributed by atoms with van der Waals surface area (Å²) in [5.41, 5.74) is 12.8. The maximum absolute atomic E-state index is 6.39. The number of aryl methyl sites for hydroxylation is 4. The Morgan fingerprint density at radius 2 is 1.67 bits per heavy atom. The fourth-order valence-electron chi connectivity index (χ4n) is 2.15. The van der Waals surface area contributed by atoms with Gasteiger partial charge in [-0.25, -0.2) is 0 Å². The number of hydrogen-bond acceptors (Lipinski definition) is 3. The lowest BCUT2D eigenvalue weighted by Gasteiger charge is -2.17. The highest BCUT2D eigenvalue weighted by molar-refractivity contribution is 5.40. The highest BCUT2D eigenvalue weighted by Crippen LogP contribution is 2.25. The van der Waals surface area contributed by atoms with Crippen molar-refractivity contribution >= 4 is 0 Å². The molecule has 18 heavy (non-hydrogen) atoms. The maximum Gasteiger partial charge on any atom is 0.0651 e. The molecule has 2 N–H and O–H groups in total. The quantitative estimate of drug-likeness (QED) is 0.879. The van der Waals surface area contributed by atoms with Crippen LogP contribution in [0, 0.1) is 27.7 Å². The molecular weight excluding hydrogens is 222 g/mol. The number of aromatic nitrogens is 2. The molecule has 1 aromatic heterocycles. The minimum atomic E-state index is -0.140. The van der Waals surface area contributed by atoms with Gasteiger partial charge >= 0.3 is 0 Å². The van der Waals surface area contributed by atoms with E-state index in [0.29, 0.717) is 0 Å².